The number of nitrogens with zero attached hydrogens (tertiary/aromatic N) is 4. The molecular weight excluding hydrogens is 384 g/mol. The Morgan fingerprint density at radius 3 is 2.83 bits per heavy atom. The van der Waals surface area contributed by atoms with Crippen molar-refractivity contribution >= 4 is 11.8 Å². The van der Waals surface area contributed by atoms with Crippen molar-refractivity contribution in [2.75, 3.05) is 13.1 Å². The Balaban J connectivity index is 1.20. The van der Waals surface area contributed by atoms with Gasteiger partial charge in [-0.2, -0.15) is 4.98 Å². The molecule has 1 aromatic carbocycles. The molecule has 2 heterocycles. The van der Waals surface area contributed by atoms with Crippen LogP contribution in [0.3, 0.4) is 0 Å². The molecule has 0 radical (unpaired) electrons. The van der Waals surface area contributed by atoms with Crippen LogP contribution in [-0.4, -0.2) is 35.0 Å². The highest BCUT2D eigenvalue weighted by Crippen LogP contribution is 2.27. The Morgan fingerprint density at radius 1 is 1.10 bits per heavy atom. The minimum Gasteiger partial charge on any atom is -0.367 e. The van der Waals surface area contributed by atoms with E-state index in [4.69, 9.17) is 4.52 Å². The number of azo groups is 1. The Kier molecular flexibility index (Phi) is 5.88. The van der Waals surface area contributed by atoms with E-state index in [9.17, 15) is 9.59 Å². The Labute approximate surface area is 172 Å². The van der Waals surface area contributed by atoms with Crippen molar-refractivity contribution in [3.63, 3.8) is 0 Å². The van der Waals surface area contributed by atoms with Crippen LogP contribution < -0.4 is 10.6 Å². The number of carbonyl (C=O) groups excluding carboxylic acids is 2. The number of aromatic nitrogens is 2. The number of nitrogens with one attached hydrogen (secondary N) is 2. The molecule has 4 rings (SSSR count). The SMILES string of the molecule is O=C(CCc1nc(-c2ccccc2)no1)NCCNC1=C2C=CC=CC2C(=O)N=N1. The topological polar surface area (TPSA) is 122 Å². The maximum Gasteiger partial charge on any atom is 0.276 e. The third kappa shape index (κ3) is 4.57. The second-order valence-corrected chi connectivity index (χ2v) is 6.72. The van der Waals surface area contributed by atoms with E-state index in [0.717, 1.165) is 11.1 Å². The van der Waals surface area contributed by atoms with E-state index in [1.807, 2.05) is 48.6 Å². The molecule has 9 heteroatoms. The average Bonchev–Trinajstić information content (AvgIpc) is 3.27. The zero-order valence-electron chi connectivity index (χ0n) is 16.1. The first-order chi connectivity index (χ1) is 14.7. The molecule has 0 saturated carbocycles. The van der Waals surface area contributed by atoms with Gasteiger partial charge >= 0.3 is 0 Å². The van der Waals surface area contributed by atoms with Gasteiger partial charge < -0.3 is 15.2 Å². The third-order valence-corrected chi connectivity index (χ3v) is 4.62. The predicted octanol–water partition coefficient (Wildman–Crippen LogP) is 2.32. The van der Waals surface area contributed by atoms with Gasteiger partial charge in [0.05, 0.1) is 5.92 Å². The molecule has 2 aliphatic rings. The highest BCUT2D eigenvalue weighted by atomic mass is 16.5. The average molecular weight is 404 g/mol. The van der Waals surface area contributed by atoms with E-state index in [0.29, 0.717) is 37.0 Å². The number of carbonyl (C=O) groups is 2. The van der Waals surface area contributed by atoms with E-state index in [2.05, 4.69) is 31.0 Å². The summed E-state index contributed by atoms with van der Waals surface area (Å²) in [5, 5.41) is 17.5. The van der Waals surface area contributed by atoms with Crippen LogP contribution in [0.25, 0.3) is 11.4 Å². The molecule has 2 N–H and O–H groups in total. The van der Waals surface area contributed by atoms with Gasteiger partial charge in [-0.1, -0.05) is 59.8 Å². The van der Waals surface area contributed by atoms with Crippen molar-refractivity contribution in [3.05, 3.63) is 71.9 Å². The fourth-order valence-electron chi connectivity index (χ4n) is 3.09. The van der Waals surface area contributed by atoms with E-state index >= 15 is 0 Å². The van der Waals surface area contributed by atoms with Gasteiger partial charge in [0.15, 0.2) is 5.82 Å². The van der Waals surface area contributed by atoms with Gasteiger partial charge in [-0.3, -0.25) is 9.59 Å². The lowest BCUT2D eigenvalue weighted by Gasteiger charge is -2.20. The van der Waals surface area contributed by atoms with Gasteiger partial charge in [-0.15, -0.1) is 10.2 Å². The molecule has 0 spiro atoms. The van der Waals surface area contributed by atoms with Crippen molar-refractivity contribution in [1.29, 1.82) is 0 Å². The number of rotatable bonds is 8. The second kappa shape index (κ2) is 9.08. The van der Waals surface area contributed by atoms with Crippen molar-refractivity contribution in [2.24, 2.45) is 16.1 Å². The minimum atomic E-state index is -0.389. The Bertz CT molecular complexity index is 1050. The molecule has 2 amide bonds. The van der Waals surface area contributed by atoms with Crippen LogP contribution in [0.2, 0.25) is 0 Å². The molecule has 0 fully saturated rings. The third-order valence-electron chi connectivity index (χ3n) is 4.62. The maximum absolute atomic E-state index is 12.1. The smallest absolute Gasteiger partial charge is 0.276 e. The van der Waals surface area contributed by atoms with Gasteiger partial charge in [-0.25, -0.2) is 0 Å². The van der Waals surface area contributed by atoms with Crippen molar-refractivity contribution in [1.82, 2.24) is 20.8 Å². The molecule has 2 aromatic rings. The van der Waals surface area contributed by atoms with Crippen LogP contribution in [0.4, 0.5) is 0 Å². The van der Waals surface area contributed by atoms with Gasteiger partial charge in [-0.05, 0) is 0 Å². The van der Waals surface area contributed by atoms with Crippen molar-refractivity contribution < 1.29 is 14.1 Å². The van der Waals surface area contributed by atoms with E-state index in [1.54, 1.807) is 6.08 Å². The highest BCUT2D eigenvalue weighted by Gasteiger charge is 2.26. The number of fused-ring (bicyclic) bond motifs is 1. The van der Waals surface area contributed by atoms with Crippen LogP contribution in [0.5, 0.6) is 0 Å². The largest absolute Gasteiger partial charge is 0.367 e. The molecule has 1 aliphatic heterocycles. The number of benzene rings is 1. The van der Waals surface area contributed by atoms with Gasteiger partial charge in [0.1, 0.15) is 0 Å². The molecule has 9 nitrogen and oxygen atoms in total. The first-order valence-corrected chi connectivity index (χ1v) is 9.64. The van der Waals surface area contributed by atoms with Crippen LogP contribution in [0, 0.1) is 5.92 Å². The van der Waals surface area contributed by atoms with Crippen LogP contribution in [0.1, 0.15) is 12.3 Å². The molecule has 1 aliphatic carbocycles. The fourth-order valence-corrected chi connectivity index (χ4v) is 3.09. The summed E-state index contributed by atoms with van der Waals surface area (Å²) in [7, 11) is 0. The molecule has 0 bridgehead atoms. The number of allylic oxidation sites excluding steroid dienone is 3. The van der Waals surface area contributed by atoms with Gasteiger partial charge in [0.25, 0.3) is 5.91 Å². The summed E-state index contributed by atoms with van der Waals surface area (Å²) in [6.45, 7) is 0.864. The normalized spacial score (nSPS) is 17.2. The summed E-state index contributed by atoms with van der Waals surface area (Å²) in [4.78, 5) is 28.2. The number of amides is 2. The zero-order valence-corrected chi connectivity index (χ0v) is 16.1. The quantitative estimate of drug-likeness (QED) is 0.651. The number of hydrogen-bond acceptors (Lipinski definition) is 7. The summed E-state index contributed by atoms with van der Waals surface area (Å²) in [5.74, 6) is 0.696. The van der Waals surface area contributed by atoms with Crippen molar-refractivity contribution in [2.45, 2.75) is 12.8 Å². The van der Waals surface area contributed by atoms with E-state index in [1.165, 1.54) is 0 Å². The first kappa shape index (κ1) is 19.4. The molecule has 1 aromatic heterocycles. The minimum absolute atomic E-state index is 0.118. The lowest BCUT2D eigenvalue weighted by Crippen LogP contribution is -2.33. The predicted molar refractivity (Wildman–Crippen MR) is 108 cm³/mol. The van der Waals surface area contributed by atoms with Crippen LogP contribution >= 0.6 is 0 Å². The summed E-state index contributed by atoms with van der Waals surface area (Å²) in [6, 6.07) is 9.51. The lowest BCUT2D eigenvalue weighted by molar-refractivity contribution is -0.121. The second-order valence-electron chi connectivity index (χ2n) is 6.72. The summed E-state index contributed by atoms with van der Waals surface area (Å²) < 4.78 is 5.21. The molecule has 30 heavy (non-hydrogen) atoms. The van der Waals surface area contributed by atoms with Gasteiger partial charge in [0, 0.05) is 37.1 Å². The summed E-state index contributed by atoms with van der Waals surface area (Å²) in [5.41, 5.74) is 1.65. The summed E-state index contributed by atoms with van der Waals surface area (Å²) >= 11 is 0. The lowest BCUT2D eigenvalue weighted by atomic mass is 9.93. The molecule has 1 unspecified atom stereocenters. The molecule has 0 saturated heterocycles. The maximum atomic E-state index is 12.1. The first-order valence-electron chi connectivity index (χ1n) is 9.64. The van der Waals surface area contributed by atoms with Crippen LogP contribution in [0.15, 0.2) is 80.8 Å². The Morgan fingerprint density at radius 2 is 1.97 bits per heavy atom. The molecule has 152 valence electrons. The zero-order chi connectivity index (χ0) is 20.8. The van der Waals surface area contributed by atoms with E-state index in [-0.39, 0.29) is 24.2 Å². The number of aryl methyl sites for hydroxylation is 1. The molecular formula is C21H20N6O3. The Hall–Kier alpha value is -3.88. The molecule has 1 atom stereocenters. The number of hydrogen-bond donors (Lipinski definition) is 2. The fraction of sp³-hybridized carbons (Fsp3) is 0.238. The van der Waals surface area contributed by atoms with Gasteiger partial charge in [0.2, 0.25) is 17.6 Å². The van der Waals surface area contributed by atoms with Crippen molar-refractivity contribution in [3.8, 4) is 11.4 Å². The van der Waals surface area contributed by atoms with E-state index < -0.39 is 0 Å². The van der Waals surface area contributed by atoms with Crippen LogP contribution in [-0.2, 0) is 16.0 Å². The monoisotopic (exact) mass is 404 g/mol. The highest BCUT2D eigenvalue weighted by molar-refractivity contribution is 5.86. The summed E-state index contributed by atoms with van der Waals surface area (Å²) in [6.07, 6.45) is 7.91. The standard InChI is InChI=1S/C21H20N6O3/c28-17(10-11-18-24-19(27-30-18)14-6-2-1-3-7-14)22-12-13-23-20-15-8-4-5-9-16(15)21(29)26-25-20/h1-9,16,23H,10-13H2,(H,22,28).